The van der Waals surface area contributed by atoms with Crippen LogP contribution in [0.1, 0.15) is 10.5 Å². The van der Waals surface area contributed by atoms with Crippen molar-refractivity contribution in [2.75, 3.05) is 4.72 Å². The van der Waals surface area contributed by atoms with Crippen molar-refractivity contribution in [2.24, 2.45) is 0 Å². The van der Waals surface area contributed by atoms with Crippen LogP contribution in [0.2, 0.25) is 0 Å². The normalized spacial score (nSPS) is 11.3. The molecule has 0 atom stereocenters. The quantitative estimate of drug-likeness (QED) is 0.849. The van der Waals surface area contributed by atoms with Gasteiger partial charge in [-0.1, -0.05) is 15.9 Å². The monoisotopic (exact) mass is 380 g/mol. The Morgan fingerprint density at radius 3 is 2.80 bits per heavy atom. The summed E-state index contributed by atoms with van der Waals surface area (Å²) in [7, 11) is -4.22. The lowest BCUT2D eigenvalue weighted by molar-refractivity contribution is 0.0687. The molecule has 10 heteroatoms. The highest BCUT2D eigenvalue weighted by molar-refractivity contribution is 9.10. The Balaban J connectivity index is 2.44. The van der Waals surface area contributed by atoms with E-state index in [9.17, 15) is 17.6 Å². The van der Waals surface area contributed by atoms with Gasteiger partial charge in [-0.3, -0.25) is 4.72 Å². The van der Waals surface area contributed by atoms with Crippen molar-refractivity contribution in [3.05, 3.63) is 39.7 Å². The molecule has 0 bridgehead atoms. The van der Waals surface area contributed by atoms with Gasteiger partial charge >= 0.3 is 5.97 Å². The van der Waals surface area contributed by atoms with Crippen molar-refractivity contribution in [3.63, 3.8) is 0 Å². The van der Waals surface area contributed by atoms with E-state index in [-0.39, 0.29) is 5.69 Å². The third-order valence-corrected chi connectivity index (χ3v) is 5.38. The van der Waals surface area contributed by atoms with Crippen LogP contribution in [0, 0.1) is 5.82 Å². The first kappa shape index (κ1) is 14.9. The van der Waals surface area contributed by atoms with Crippen molar-refractivity contribution in [3.8, 4) is 0 Å². The van der Waals surface area contributed by atoms with Crippen LogP contribution in [0.3, 0.4) is 0 Å². The average Bonchev–Trinajstić information content (AvgIpc) is 2.83. The molecule has 0 amide bonds. The molecule has 0 radical (unpaired) electrons. The Morgan fingerprint density at radius 1 is 1.45 bits per heavy atom. The van der Waals surface area contributed by atoms with E-state index in [1.54, 1.807) is 0 Å². The van der Waals surface area contributed by atoms with Gasteiger partial charge < -0.3 is 5.11 Å². The van der Waals surface area contributed by atoms with Crippen LogP contribution in [0.4, 0.5) is 10.1 Å². The first-order chi connectivity index (χ1) is 9.31. The molecule has 20 heavy (non-hydrogen) atoms. The minimum absolute atomic E-state index is 0.288. The molecule has 2 N–H and O–H groups in total. The predicted molar refractivity (Wildman–Crippen MR) is 74.0 cm³/mol. The van der Waals surface area contributed by atoms with Crippen molar-refractivity contribution in [1.29, 1.82) is 0 Å². The number of carboxylic acid groups (broad SMARTS) is 1. The molecular weight excluding hydrogens is 375 g/mol. The lowest BCUT2D eigenvalue weighted by atomic mass is 10.3. The van der Waals surface area contributed by atoms with E-state index in [4.69, 9.17) is 5.11 Å². The first-order valence-electron chi connectivity index (χ1n) is 4.96. The maximum Gasteiger partial charge on any atom is 0.356 e. The first-order valence-corrected chi connectivity index (χ1v) is 8.11. The highest BCUT2D eigenvalue weighted by atomic mass is 79.9. The summed E-state index contributed by atoms with van der Waals surface area (Å²) in [6.07, 6.45) is 0. The average molecular weight is 381 g/mol. The summed E-state index contributed by atoms with van der Waals surface area (Å²) < 4.78 is 39.6. The number of aromatic carboxylic acids is 1. The van der Waals surface area contributed by atoms with Crippen molar-refractivity contribution in [2.45, 2.75) is 4.21 Å². The number of anilines is 1. The highest BCUT2D eigenvalue weighted by Crippen LogP contribution is 2.26. The van der Waals surface area contributed by atoms with Gasteiger partial charge in [0.05, 0.1) is 11.2 Å². The van der Waals surface area contributed by atoms with E-state index in [1.807, 2.05) is 4.72 Å². The summed E-state index contributed by atoms with van der Waals surface area (Å²) in [5, 5.41) is 8.85. The zero-order valence-electron chi connectivity index (χ0n) is 9.50. The number of sulfonamides is 1. The van der Waals surface area contributed by atoms with Crippen LogP contribution in [-0.4, -0.2) is 24.5 Å². The van der Waals surface area contributed by atoms with E-state index in [0.29, 0.717) is 15.8 Å². The molecule has 0 saturated carbocycles. The zero-order valence-corrected chi connectivity index (χ0v) is 12.7. The smallest absolute Gasteiger partial charge is 0.356 e. The highest BCUT2D eigenvalue weighted by Gasteiger charge is 2.26. The summed E-state index contributed by atoms with van der Waals surface area (Å²) in [5.41, 5.74) is 0.206. The fourth-order valence-electron chi connectivity index (χ4n) is 1.34. The fourth-order valence-corrected chi connectivity index (χ4v) is 3.90. The lowest BCUT2D eigenvalue weighted by Gasteiger charge is -2.08. The van der Waals surface area contributed by atoms with Crippen LogP contribution in [-0.2, 0) is 10.0 Å². The largest absolute Gasteiger partial charge is 0.476 e. The molecule has 1 heterocycles. The summed E-state index contributed by atoms with van der Waals surface area (Å²) in [6, 6.07) is 3.71. The van der Waals surface area contributed by atoms with Crippen molar-refractivity contribution < 1.29 is 22.7 Å². The van der Waals surface area contributed by atoms with Gasteiger partial charge in [-0.05, 0) is 18.2 Å². The van der Waals surface area contributed by atoms with Gasteiger partial charge in [0.25, 0.3) is 10.0 Å². The molecule has 1 aromatic carbocycles. The minimum atomic E-state index is -4.22. The van der Waals surface area contributed by atoms with E-state index in [0.717, 1.165) is 11.6 Å². The molecule has 1 aromatic heterocycles. The van der Waals surface area contributed by atoms with Crippen molar-refractivity contribution in [1.82, 2.24) is 4.98 Å². The third kappa shape index (κ3) is 2.97. The Labute approximate surface area is 125 Å². The molecule has 0 aliphatic carbocycles. The molecule has 0 aliphatic heterocycles. The van der Waals surface area contributed by atoms with Gasteiger partial charge in [0.1, 0.15) is 5.82 Å². The number of carboxylic acids is 1. The predicted octanol–water partition coefficient (Wildman–Crippen LogP) is 2.54. The molecule has 106 valence electrons. The topological polar surface area (TPSA) is 96.4 Å². The second kappa shape index (κ2) is 5.46. The number of hydrogen-bond acceptors (Lipinski definition) is 5. The second-order valence-electron chi connectivity index (χ2n) is 3.52. The number of rotatable bonds is 4. The number of nitrogens with zero attached hydrogens (tertiary/aromatic N) is 1. The van der Waals surface area contributed by atoms with Gasteiger partial charge in [-0.15, -0.1) is 11.3 Å². The van der Waals surface area contributed by atoms with Gasteiger partial charge in [-0.25, -0.2) is 22.6 Å². The maximum atomic E-state index is 13.5. The summed E-state index contributed by atoms with van der Waals surface area (Å²) in [6.45, 7) is 0. The molecule has 0 aliphatic rings. The zero-order chi connectivity index (χ0) is 14.9. The van der Waals surface area contributed by atoms with Crippen molar-refractivity contribution >= 4 is 48.9 Å². The molecule has 0 unspecified atom stereocenters. The number of carbonyl (C=O) groups is 1. The van der Waals surface area contributed by atoms with Crippen LogP contribution in [0.25, 0.3) is 0 Å². The van der Waals surface area contributed by atoms with Crippen LogP contribution in [0.15, 0.2) is 32.4 Å². The standard InChI is InChI=1S/C10H6BrFN2O4S2/c11-5-1-2-6(12)7(3-5)14-20(17,18)10-8(9(15)16)13-4-19-10/h1-4,14H,(H,15,16). The van der Waals surface area contributed by atoms with Gasteiger partial charge in [0, 0.05) is 4.47 Å². The Hall–Kier alpha value is -1.52. The van der Waals surface area contributed by atoms with Gasteiger partial charge in [0.15, 0.2) is 9.90 Å². The van der Waals surface area contributed by atoms with Gasteiger partial charge in [-0.2, -0.15) is 0 Å². The Morgan fingerprint density at radius 2 is 2.15 bits per heavy atom. The fraction of sp³-hybridized carbons (Fsp3) is 0. The molecule has 6 nitrogen and oxygen atoms in total. The molecular formula is C10H6BrFN2O4S2. The van der Waals surface area contributed by atoms with E-state index in [2.05, 4.69) is 20.9 Å². The number of halogens is 2. The van der Waals surface area contributed by atoms with E-state index in [1.165, 1.54) is 12.1 Å². The lowest BCUT2D eigenvalue weighted by Crippen LogP contribution is -2.16. The molecule has 0 spiro atoms. The van der Waals surface area contributed by atoms with Crippen LogP contribution in [0.5, 0.6) is 0 Å². The summed E-state index contributed by atoms with van der Waals surface area (Å²) >= 11 is 3.72. The second-order valence-corrected chi connectivity index (χ2v) is 7.17. The maximum absolute atomic E-state index is 13.5. The minimum Gasteiger partial charge on any atom is -0.476 e. The Bertz CT molecular complexity index is 775. The van der Waals surface area contributed by atoms with E-state index < -0.39 is 31.7 Å². The van der Waals surface area contributed by atoms with E-state index >= 15 is 0 Å². The molecule has 0 fully saturated rings. The number of nitrogens with one attached hydrogen (secondary N) is 1. The number of thiazole rings is 1. The van der Waals surface area contributed by atoms with Crippen LogP contribution < -0.4 is 4.72 Å². The summed E-state index contributed by atoms with van der Waals surface area (Å²) in [5.74, 6) is -2.25. The SMILES string of the molecule is O=C(O)c1ncsc1S(=O)(=O)Nc1cc(Br)ccc1F. The molecule has 2 aromatic rings. The molecule has 0 saturated heterocycles. The third-order valence-electron chi connectivity index (χ3n) is 2.15. The summed E-state index contributed by atoms with van der Waals surface area (Å²) in [4.78, 5) is 14.3. The van der Waals surface area contributed by atoms with Gasteiger partial charge in [0.2, 0.25) is 0 Å². The number of hydrogen-bond donors (Lipinski definition) is 2. The Kier molecular flexibility index (Phi) is 4.06. The van der Waals surface area contributed by atoms with Crippen LogP contribution >= 0.6 is 27.3 Å². The number of aromatic nitrogens is 1. The molecule has 2 rings (SSSR count). The number of benzene rings is 1.